The molecule has 0 unspecified atom stereocenters. The molecule has 0 amide bonds. The van der Waals surface area contributed by atoms with Gasteiger partial charge in [0.05, 0.1) is 12.0 Å². The van der Waals surface area contributed by atoms with E-state index >= 15 is 0 Å². The molecule has 0 atom stereocenters. The van der Waals surface area contributed by atoms with Gasteiger partial charge in [-0.15, -0.1) is 0 Å². The van der Waals surface area contributed by atoms with Crippen LogP contribution < -0.4 is 5.32 Å². The Hall–Kier alpha value is -2.17. The van der Waals surface area contributed by atoms with Crippen LogP contribution in [-0.4, -0.2) is 28.1 Å². The van der Waals surface area contributed by atoms with Crippen LogP contribution in [0, 0.1) is 0 Å². The van der Waals surface area contributed by atoms with E-state index in [4.69, 9.17) is 0 Å². The fraction of sp³-hybridized carbons (Fsp3) is 0.182. The molecule has 82 valence electrons. The number of H-pyrrole nitrogens is 1. The van der Waals surface area contributed by atoms with Gasteiger partial charge in [-0.2, -0.15) is 0 Å². The highest BCUT2D eigenvalue weighted by Crippen LogP contribution is 2.02. The third-order valence-electron chi connectivity index (χ3n) is 2.22. The smallest absolute Gasteiger partial charge is 0.201 e. The summed E-state index contributed by atoms with van der Waals surface area (Å²) in [5, 5.41) is 2.93. The first-order valence-corrected chi connectivity index (χ1v) is 4.95. The summed E-state index contributed by atoms with van der Waals surface area (Å²) in [5.74, 6) is -0.326. The highest BCUT2D eigenvalue weighted by Gasteiger charge is 2.12. The van der Waals surface area contributed by atoms with Crippen LogP contribution >= 0.6 is 0 Å². The van der Waals surface area contributed by atoms with Gasteiger partial charge in [-0.3, -0.25) is 9.59 Å². The molecule has 5 nitrogen and oxygen atoms in total. The van der Waals surface area contributed by atoms with E-state index in [0.717, 1.165) is 12.1 Å². The van der Waals surface area contributed by atoms with E-state index in [2.05, 4.69) is 15.3 Å². The lowest BCUT2D eigenvalue weighted by molar-refractivity contribution is -0.114. The summed E-state index contributed by atoms with van der Waals surface area (Å²) in [5.41, 5.74) is 1.34. The minimum Gasteiger partial charge on any atom is -0.381 e. The lowest BCUT2D eigenvalue weighted by Gasteiger charge is -2.09. The molecule has 0 saturated heterocycles. The predicted molar refractivity (Wildman–Crippen MR) is 57.5 cm³/mol. The molecule has 0 aliphatic heterocycles. The number of allylic oxidation sites excluding steroid dienone is 3. The molecule has 5 heteroatoms. The lowest BCUT2D eigenvalue weighted by Crippen LogP contribution is -2.24. The minimum atomic E-state index is -0.163. The van der Waals surface area contributed by atoms with Gasteiger partial charge in [0.25, 0.3) is 0 Å². The summed E-state index contributed by atoms with van der Waals surface area (Å²) < 4.78 is 0. The van der Waals surface area contributed by atoms with E-state index in [9.17, 15) is 9.59 Å². The van der Waals surface area contributed by atoms with Gasteiger partial charge in [0.2, 0.25) is 5.78 Å². The van der Waals surface area contributed by atoms with Crippen LogP contribution in [-0.2, 0) is 16.0 Å². The number of aromatic amines is 1. The second kappa shape index (κ2) is 4.57. The van der Waals surface area contributed by atoms with Crippen molar-refractivity contribution >= 4 is 11.6 Å². The zero-order valence-corrected chi connectivity index (χ0v) is 8.56. The van der Waals surface area contributed by atoms with Gasteiger partial charge in [0.1, 0.15) is 0 Å². The number of rotatable bonds is 4. The molecule has 0 bridgehead atoms. The van der Waals surface area contributed by atoms with Crippen molar-refractivity contribution in [1.29, 1.82) is 0 Å². The molecule has 1 aliphatic carbocycles. The van der Waals surface area contributed by atoms with Gasteiger partial charge in [0, 0.05) is 30.9 Å². The standard InChI is InChI=1S/C11H11N3O2/c15-9-1-2-11(16)10(5-9)13-4-3-8-6-12-7-14-8/h1-2,5-7,13H,3-4H2,(H,12,14). The number of aromatic nitrogens is 2. The number of hydrogen-bond acceptors (Lipinski definition) is 4. The maximum Gasteiger partial charge on any atom is 0.201 e. The van der Waals surface area contributed by atoms with Crippen molar-refractivity contribution in [1.82, 2.24) is 15.3 Å². The van der Waals surface area contributed by atoms with Gasteiger partial charge in [-0.1, -0.05) is 0 Å². The van der Waals surface area contributed by atoms with Crippen molar-refractivity contribution in [3.05, 3.63) is 42.1 Å². The Balaban J connectivity index is 1.86. The highest BCUT2D eigenvalue weighted by molar-refractivity contribution is 6.16. The minimum absolute atomic E-state index is 0.163. The van der Waals surface area contributed by atoms with Crippen molar-refractivity contribution < 1.29 is 9.59 Å². The Bertz CT molecular complexity index is 458. The van der Waals surface area contributed by atoms with Crippen molar-refractivity contribution in [2.24, 2.45) is 0 Å². The summed E-state index contributed by atoms with van der Waals surface area (Å²) in [6.07, 6.45) is 7.91. The third kappa shape index (κ3) is 2.44. The zero-order valence-electron chi connectivity index (χ0n) is 8.56. The highest BCUT2D eigenvalue weighted by atomic mass is 16.1. The molecule has 2 rings (SSSR count). The second-order valence-corrected chi connectivity index (χ2v) is 3.41. The molecule has 16 heavy (non-hydrogen) atoms. The quantitative estimate of drug-likeness (QED) is 0.703. The summed E-state index contributed by atoms with van der Waals surface area (Å²) >= 11 is 0. The van der Waals surface area contributed by atoms with Crippen molar-refractivity contribution in [3.63, 3.8) is 0 Å². The molecule has 1 aromatic heterocycles. The van der Waals surface area contributed by atoms with Crippen LogP contribution in [0.1, 0.15) is 5.69 Å². The molecule has 0 fully saturated rings. The normalized spacial score (nSPS) is 15.1. The Morgan fingerprint density at radius 1 is 1.31 bits per heavy atom. The van der Waals surface area contributed by atoms with Crippen LogP contribution in [0.15, 0.2) is 36.4 Å². The summed E-state index contributed by atoms with van der Waals surface area (Å²) in [4.78, 5) is 29.2. The van der Waals surface area contributed by atoms with E-state index in [1.165, 1.54) is 18.2 Å². The van der Waals surface area contributed by atoms with E-state index in [0.29, 0.717) is 12.2 Å². The molecule has 1 heterocycles. The van der Waals surface area contributed by atoms with E-state index in [1.54, 1.807) is 12.5 Å². The van der Waals surface area contributed by atoms with Gasteiger partial charge in [-0.25, -0.2) is 4.98 Å². The summed E-state index contributed by atoms with van der Waals surface area (Å²) in [7, 11) is 0. The molecule has 0 radical (unpaired) electrons. The monoisotopic (exact) mass is 217 g/mol. The SMILES string of the molecule is O=C1C=CC(=O)C(NCCc2cnc[nH]2)=C1. The van der Waals surface area contributed by atoms with Gasteiger partial charge >= 0.3 is 0 Å². The van der Waals surface area contributed by atoms with E-state index in [-0.39, 0.29) is 11.6 Å². The molecule has 2 N–H and O–H groups in total. The molecule has 0 aromatic carbocycles. The molecule has 1 aliphatic rings. The third-order valence-corrected chi connectivity index (χ3v) is 2.22. The fourth-order valence-corrected chi connectivity index (χ4v) is 1.40. The van der Waals surface area contributed by atoms with Crippen molar-refractivity contribution in [3.8, 4) is 0 Å². The summed E-state index contributed by atoms with van der Waals surface area (Å²) in [6, 6.07) is 0. The average molecular weight is 217 g/mol. The average Bonchev–Trinajstić information content (AvgIpc) is 2.76. The van der Waals surface area contributed by atoms with Crippen LogP contribution in [0.25, 0.3) is 0 Å². The van der Waals surface area contributed by atoms with Crippen LogP contribution in [0.4, 0.5) is 0 Å². The van der Waals surface area contributed by atoms with Crippen LogP contribution in [0.2, 0.25) is 0 Å². The van der Waals surface area contributed by atoms with Gasteiger partial charge in [0.15, 0.2) is 5.78 Å². The fourth-order valence-electron chi connectivity index (χ4n) is 1.40. The molecular weight excluding hydrogens is 206 g/mol. The zero-order chi connectivity index (χ0) is 11.4. The van der Waals surface area contributed by atoms with E-state index < -0.39 is 0 Å². The largest absolute Gasteiger partial charge is 0.381 e. The molecule has 0 saturated carbocycles. The van der Waals surface area contributed by atoms with E-state index in [1.807, 2.05) is 0 Å². The van der Waals surface area contributed by atoms with Crippen molar-refractivity contribution in [2.75, 3.05) is 6.54 Å². The maximum absolute atomic E-state index is 11.3. The Morgan fingerprint density at radius 2 is 2.19 bits per heavy atom. The first-order valence-electron chi connectivity index (χ1n) is 4.95. The molecular formula is C11H11N3O2. The Kier molecular flexibility index (Phi) is 2.95. The molecule has 0 spiro atoms. The van der Waals surface area contributed by atoms with Crippen molar-refractivity contribution in [2.45, 2.75) is 6.42 Å². The van der Waals surface area contributed by atoms with Crippen LogP contribution in [0.5, 0.6) is 0 Å². The first-order chi connectivity index (χ1) is 7.75. The number of carbonyl (C=O) groups is 2. The first kappa shape index (κ1) is 10.4. The van der Waals surface area contributed by atoms with Gasteiger partial charge < -0.3 is 10.3 Å². The number of nitrogens with zero attached hydrogens (tertiary/aromatic N) is 1. The number of hydrogen-bond donors (Lipinski definition) is 2. The maximum atomic E-state index is 11.3. The number of ketones is 2. The predicted octanol–water partition coefficient (Wildman–Crippen LogP) is 0.134. The number of carbonyl (C=O) groups excluding carboxylic acids is 2. The lowest BCUT2D eigenvalue weighted by atomic mass is 10.1. The molecule has 1 aromatic rings. The summed E-state index contributed by atoms with van der Waals surface area (Å²) in [6.45, 7) is 0.584. The van der Waals surface area contributed by atoms with Gasteiger partial charge in [-0.05, 0) is 12.2 Å². The second-order valence-electron chi connectivity index (χ2n) is 3.41. The topological polar surface area (TPSA) is 74.8 Å². The Morgan fingerprint density at radius 3 is 2.94 bits per heavy atom. The van der Waals surface area contributed by atoms with Crippen LogP contribution in [0.3, 0.4) is 0 Å². The number of imidazole rings is 1. The number of nitrogens with one attached hydrogen (secondary N) is 2. The Labute approximate surface area is 92.3 Å².